The number of amides is 2. The van der Waals surface area contributed by atoms with E-state index in [2.05, 4.69) is 15.8 Å². The molecule has 0 fully saturated rings. The normalized spacial score (nSPS) is 11.3. The fraction of sp³-hybridized carbons (Fsp3) is 0.0800. The highest BCUT2D eigenvalue weighted by atomic mass is 19.1. The van der Waals surface area contributed by atoms with Gasteiger partial charge in [0, 0.05) is 17.5 Å². The van der Waals surface area contributed by atoms with Crippen molar-refractivity contribution < 1.29 is 23.1 Å². The average molecular weight is 445 g/mol. The van der Waals surface area contributed by atoms with Gasteiger partial charge in [-0.15, -0.1) is 5.10 Å². The number of rotatable bonds is 6. The number of fused-ring (bicyclic) bond motifs is 1. The van der Waals surface area contributed by atoms with Crippen LogP contribution in [0.2, 0.25) is 0 Å². The van der Waals surface area contributed by atoms with Gasteiger partial charge in [0.2, 0.25) is 5.55 Å². The first-order valence-corrected chi connectivity index (χ1v) is 10.1. The molecular formula is C25H20FN3O4. The van der Waals surface area contributed by atoms with Gasteiger partial charge in [0.05, 0.1) is 7.11 Å². The minimum absolute atomic E-state index is 0.0761. The molecule has 0 aliphatic heterocycles. The first-order chi connectivity index (χ1) is 16.0. The Balaban J connectivity index is 1.71. The number of methoxy groups -OCH3 is 1. The molecule has 0 aliphatic carbocycles. The standard InChI is InChI=1S/C25H20FN3O4/c1-32-21-12-6-9-17-14-20(24(31)27-15-16-7-3-2-4-8-16)25(33-22(17)21)29-28-23(30)18-10-5-11-19(26)13-18/h2-14H,15H2,1H3,(H,27,31)(H,28,30)/b29-25-. The van der Waals surface area contributed by atoms with Crippen LogP contribution in [0, 0.1) is 5.82 Å². The maximum absolute atomic E-state index is 13.4. The number of hydrogen-bond acceptors (Lipinski definition) is 5. The predicted molar refractivity (Wildman–Crippen MR) is 120 cm³/mol. The second-order valence-corrected chi connectivity index (χ2v) is 7.08. The van der Waals surface area contributed by atoms with Gasteiger partial charge in [-0.3, -0.25) is 9.59 Å². The molecule has 2 N–H and O–H groups in total. The van der Waals surface area contributed by atoms with Crippen molar-refractivity contribution in [1.29, 1.82) is 0 Å². The molecule has 0 atom stereocenters. The molecular weight excluding hydrogens is 425 g/mol. The van der Waals surface area contributed by atoms with Crippen LogP contribution in [0.25, 0.3) is 11.0 Å². The molecule has 1 heterocycles. The first kappa shape index (κ1) is 21.8. The van der Waals surface area contributed by atoms with Crippen LogP contribution in [-0.4, -0.2) is 18.9 Å². The number of halogens is 1. The molecule has 0 aliphatic rings. The van der Waals surface area contributed by atoms with Crippen LogP contribution in [-0.2, 0) is 6.54 Å². The topological polar surface area (TPSA) is 92.9 Å². The number of hydrogen-bond donors (Lipinski definition) is 2. The Morgan fingerprint density at radius 3 is 2.52 bits per heavy atom. The lowest BCUT2D eigenvalue weighted by molar-refractivity contribution is 0.0932. The molecule has 2 amide bonds. The molecule has 33 heavy (non-hydrogen) atoms. The van der Waals surface area contributed by atoms with E-state index >= 15 is 0 Å². The van der Waals surface area contributed by atoms with Crippen molar-refractivity contribution in [2.45, 2.75) is 6.54 Å². The molecule has 7 nitrogen and oxygen atoms in total. The third kappa shape index (κ3) is 5.07. The van der Waals surface area contributed by atoms with Gasteiger partial charge < -0.3 is 14.5 Å². The number of benzene rings is 3. The summed E-state index contributed by atoms with van der Waals surface area (Å²) in [5.41, 5.74) is 3.67. The molecule has 3 aromatic carbocycles. The van der Waals surface area contributed by atoms with E-state index in [0.29, 0.717) is 23.3 Å². The van der Waals surface area contributed by atoms with Crippen molar-refractivity contribution >= 4 is 22.8 Å². The van der Waals surface area contributed by atoms with E-state index in [1.54, 1.807) is 24.3 Å². The third-order valence-electron chi connectivity index (χ3n) is 4.84. The SMILES string of the molecule is COc1cccc2cc(C(=O)NCc3ccccc3)/c(=N/NC(=O)c3cccc(F)c3)oc12. The Kier molecular flexibility index (Phi) is 6.45. The van der Waals surface area contributed by atoms with Gasteiger partial charge in [-0.2, -0.15) is 0 Å². The largest absolute Gasteiger partial charge is 0.493 e. The maximum atomic E-state index is 13.4. The van der Waals surface area contributed by atoms with Crippen molar-refractivity contribution in [1.82, 2.24) is 10.7 Å². The number of carbonyl (C=O) groups is 2. The number of para-hydroxylation sites is 1. The summed E-state index contributed by atoms with van der Waals surface area (Å²) in [6, 6.07) is 21.4. The molecule has 0 saturated carbocycles. The van der Waals surface area contributed by atoms with Gasteiger partial charge in [0.1, 0.15) is 11.4 Å². The zero-order chi connectivity index (χ0) is 23.2. The predicted octanol–water partition coefficient (Wildman–Crippen LogP) is 3.76. The van der Waals surface area contributed by atoms with Crippen LogP contribution in [0.1, 0.15) is 26.3 Å². The fourth-order valence-corrected chi connectivity index (χ4v) is 3.20. The van der Waals surface area contributed by atoms with E-state index < -0.39 is 17.6 Å². The van der Waals surface area contributed by atoms with E-state index in [-0.39, 0.29) is 16.7 Å². The summed E-state index contributed by atoms with van der Waals surface area (Å²) in [6.45, 7) is 0.297. The number of carbonyl (C=O) groups excluding carboxylic acids is 2. The zero-order valence-corrected chi connectivity index (χ0v) is 17.7. The summed E-state index contributed by atoms with van der Waals surface area (Å²) in [7, 11) is 1.49. The van der Waals surface area contributed by atoms with Crippen LogP contribution in [0.15, 0.2) is 88.4 Å². The molecule has 0 radical (unpaired) electrons. The van der Waals surface area contributed by atoms with Crippen molar-refractivity contribution in [3.8, 4) is 5.75 Å². The Labute approximate surface area is 188 Å². The summed E-state index contributed by atoms with van der Waals surface area (Å²) in [5.74, 6) is -1.20. The lowest BCUT2D eigenvalue weighted by Gasteiger charge is -2.09. The van der Waals surface area contributed by atoms with E-state index in [1.807, 2.05) is 30.3 Å². The monoisotopic (exact) mass is 445 g/mol. The summed E-state index contributed by atoms with van der Waals surface area (Å²) in [5, 5.41) is 7.45. The van der Waals surface area contributed by atoms with Crippen molar-refractivity contribution in [2.24, 2.45) is 5.10 Å². The summed E-state index contributed by atoms with van der Waals surface area (Å²) >= 11 is 0. The Morgan fingerprint density at radius 2 is 1.76 bits per heavy atom. The van der Waals surface area contributed by atoms with E-state index in [4.69, 9.17) is 9.15 Å². The molecule has 8 heteroatoms. The van der Waals surface area contributed by atoms with Crippen LogP contribution in [0.5, 0.6) is 5.75 Å². The summed E-state index contributed by atoms with van der Waals surface area (Å²) in [6.07, 6.45) is 0. The average Bonchev–Trinajstić information content (AvgIpc) is 2.85. The smallest absolute Gasteiger partial charge is 0.271 e. The lowest BCUT2D eigenvalue weighted by atomic mass is 10.1. The highest BCUT2D eigenvalue weighted by Crippen LogP contribution is 2.24. The van der Waals surface area contributed by atoms with E-state index in [0.717, 1.165) is 11.6 Å². The molecule has 4 rings (SSSR count). The Morgan fingerprint density at radius 1 is 0.970 bits per heavy atom. The fourth-order valence-electron chi connectivity index (χ4n) is 3.20. The Bertz CT molecular complexity index is 1380. The highest BCUT2D eigenvalue weighted by Gasteiger charge is 2.15. The first-order valence-electron chi connectivity index (χ1n) is 10.1. The van der Waals surface area contributed by atoms with Crippen LogP contribution in [0.4, 0.5) is 4.39 Å². The third-order valence-corrected chi connectivity index (χ3v) is 4.84. The molecule has 166 valence electrons. The van der Waals surface area contributed by atoms with Gasteiger partial charge in [-0.05, 0) is 35.9 Å². The second-order valence-electron chi connectivity index (χ2n) is 7.08. The lowest BCUT2D eigenvalue weighted by Crippen LogP contribution is -2.30. The second kappa shape index (κ2) is 9.78. The molecule has 0 unspecified atom stereocenters. The number of nitrogens with one attached hydrogen (secondary N) is 2. The molecule has 0 bridgehead atoms. The van der Waals surface area contributed by atoms with Gasteiger partial charge in [0.15, 0.2) is 11.3 Å². The van der Waals surface area contributed by atoms with Gasteiger partial charge in [-0.1, -0.05) is 48.5 Å². The maximum Gasteiger partial charge on any atom is 0.271 e. The minimum Gasteiger partial charge on any atom is -0.493 e. The summed E-state index contributed by atoms with van der Waals surface area (Å²) < 4.78 is 24.6. The highest BCUT2D eigenvalue weighted by molar-refractivity contribution is 5.97. The van der Waals surface area contributed by atoms with Crippen LogP contribution >= 0.6 is 0 Å². The van der Waals surface area contributed by atoms with Crippen molar-refractivity contribution in [3.05, 3.63) is 107 Å². The van der Waals surface area contributed by atoms with Crippen LogP contribution < -0.4 is 21.0 Å². The van der Waals surface area contributed by atoms with Gasteiger partial charge in [-0.25, -0.2) is 9.82 Å². The summed E-state index contributed by atoms with van der Waals surface area (Å²) in [4.78, 5) is 25.4. The van der Waals surface area contributed by atoms with E-state index in [9.17, 15) is 14.0 Å². The van der Waals surface area contributed by atoms with Crippen LogP contribution in [0.3, 0.4) is 0 Å². The molecule has 4 aromatic rings. The van der Waals surface area contributed by atoms with E-state index in [1.165, 1.54) is 25.3 Å². The molecule has 0 spiro atoms. The number of nitrogens with zero attached hydrogens (tertiary/aromatic N) is 1. The Hall–Kier alpha value is -4.46. The number of ether oxygens (including phenoxy) is 1. The minimum atomic E-state index is -0.652. The quantitative estimate of drug-likeness (QED) is 0.442. The zero-order valence-electron chi connectivity index (χ0n) is 17.7. The van der Waals surface area contributed by atoms with Crippen molar-refractivity contribution in [2.75, 3.05) is 7.11 Å². The van der Waals surface area contributed by atoms with Gasteiger partial charge in [0.25, 0.3) is 11.8 Å². The molecule has 1 aromatic heterocycles. The van der Waals surface area contributed by atoms with Crippen molar-refractivity contribution in [3.63, 3.8) is 0 Å². The van der Waals surface area contributed by atoms with Gasteiger partial charge >= 0.3 is 0 Å². The molecule has 0 saturated heterocycles.